The van der Waals surface area contributed by atoms with Crippen molar-refractivity contribution in [3.05, 3.63) is 66.8 Å². The quantitative estimate of drug-likeness (QED) is 0.104. The van der Waals surface area contributed by atoms with E-state index in [1.54, 1.807) is 33.4 Å². The van der Waals surface area contributed by atoms with Crippen LogP contribution in [0.5, 0.6) is 0 Å². The Bertz CT molecular complexity index is 1250. The number of esters is 2. The van der Waals surface area contributed by atoms with E-state index in [1.165, 1.54) is 89.6 Å². The maximum atomic E-state index is 13.7. The zero-order valence-corrected chi connectivity index (χ0v) is 30.2. The third kappa shape index (κ3) is 7.91. The van der Waals surface area contributed by atoms with Crippen molar-refractivity contribution < 1.29 is 19.1 Å². The zero-order valence-electron chi connectivity index (χ0n) is 30.2. The highest BCUT2D eigenvalue weighted by molar-refractivity contribution is 6.06. The monoisotopic (exact) mass is 630 g/mol. The van der Waals surface area contributed by atoms with E-state index in [0.717, 1.165) is 88.2 Å². The number of benzene rings is 2. The van der Waals surface area contributed by atoms with Crippen LogP contribution in [0.1, 0.15) is 194 Å². The summed E-state index contributed by atoms with van der Waals surface area (Å²) in [7, 11) is 2.90. The van der Waals surface area contributed by atoms with Crippen LogP contribution in [-0.2, 0) is 60.8 Å². The second-order valence-corrected chi connectivity index (χ2v) is 13.9. The van der Waals surface area contributed by atoms with Crippen LogP contribution < -0.4 is 0 Å². The number of hydrogen-bond acceptors (Lipinski definition) is 4. The van der Waals surface area contributed by atoms with Crippen LogP contribution in [0.2, 0.25) is 0 Å². The van der Waals surface area contributed by atoms with Gasteiger partial charge in [-0.15, -0.1) is 0 Å². The van der Waals surface area contributed by atoms with Gasteiger partial charge in [0.1, 0.15) is 0 Å². The predicted molar refractivity (Wildman–Crippen MR) is 191 cm³/mol. The Morgan fingerprint density at radius 3 is 1.07 bits per heavy atom. The average molecular weight is 631 g/mol. The second kappa shape index (κ2) is 18.1. The van der Waals surface area contributed by atoms with E-state index in [2.05, 4.69) is 27.7 Å². The second-order valence-electron chi connectivity index (χ2n) is 13.9. The topological polar surface area (TPSA) is 52.6 Å². The lowest BCUT2D eigenvalue weighted by Crippen LogP contribution is -2.26. The van der Waals surface area contributed by atoms with E-state index in [4.69, 9.17) is 9.47 Å². The van der Waals surface area contributed by atoms with E-state index in [1.807, 2.05) is 0 Å². The van der Waals surface area contributed by atoms with Gasteiger partial charge in [0.05, 0.1) is 25.3 Å². The van der Waals surface area contributed by atoms with Gasteiger partial charge in [-0.1, -0.05) is 79.1 Å². The minimum Gasteiger partial charge on any atom is -0.465 e. The molecule has 0 atom stereocenters. The summed E-state index contributed by atoms with van der Waals surface area (Å²) in [6.07, 6.45) is 24.4. The summed E-state index contributed by atoms with van der Waals surface area (Å²) in [6, 6.07) is 0. The first kappa shape index (κ1) is 36.2. The molecule has 0 aromatic heterocycles. The van der Waals surface area contributed by atoms with Gasteiger partial charge in [-0.05, 0) is 146 Å². The molecule has 0 radical (unpaired) electrons. The summed E-state index contributed by atoms with van der Waals surface area (Å²) >= 11 is 0. The van der Waals surface area contributed by atoms with Crippen LogP contribution >= 0.6 is 0 Å². The van der Waals surface area contributed by atoms with Crippen molar-refractivity contribution in [3.8, 4) is 0 Å². The lowest BCUT2D eigenvalue weighted by atomic mass is 9.69. The molecule has 0 saturated heterocycles. The molecule has 4 nitrogen and oxygen atoms in total. The van der Waals surface area contributed by atoms with Gasteiger partial charge in [0.25, 0.3) is 0 Å². The number of methoxy groups -OCH3 is 2. The highest BCUT2D eigenvalue weighted by atomic mass is 16.5. The van der Waals surface area contributed by atoms with Crippen molar-refractivity contribution >= 4 is 11.9 Å². The molecule has 254 valence electrons. The van der Waals surface area contributed by atoms with Crippen LogP contribution in [0.3, 0.4) is 0 Å². The molecule has 2 aliphatic carbocycles. The standard InChI is InChI=1S/C42H62O4/c1-7-11-15-21-31-29-23-19-20-24-30(29)32(22-16-12-8-2)36-28-38-34(26-18-14-10-4)40(42(44)46-6)39(41(43)45-5)33(25-17-13-9-3)37(38)27-35(31)36/h7-28H2,1-6H3. The summed E-state index contributed by atoms with van der Waals surface area (Å²) in [5, 5.41) is 0. The molecular weight excluding hydrogens is 568 g/mol. The molecule has 2 aliphatic rings. The minimum atomic E-state index is -0.397. The normalized spacial score (nSPS) is 13.6. The highest BCUT2D eigenvalue weighted by Gasteiger charge is 2.36. The fourth-order valence-electron chi connectivity index (χ4n) is 8.49. The van der Waals surface area contributed by atoms with Gasteiger partial charge in [0, 0.05) is 0 Å². The molecule has 46 heavy (non-hydrogen) atoms. The van der Waals surface area contributed by atoms with Crippen LogP contribution in [-0.4, -0.2) is 26.2 Å². The SMILES string of the molecule is CCCCCc1c2c(c(CCCCC)c3c1Cc1c(c(CCCCC)c(C(=O)OC)c(C(=O)OC)c1CCCCC)C3)CCCC2. The van der Waals surface area contributed by atoms with Crippen molar-refractivity contribution in [3.63, 3.8) is 0 Å². The van der Waals surface area contributed by atoms with Gasteiger partial charge in [-0.2, -0.15) is 0 Å². The Balaban J connectivity index is 2.05. The molecule has 4 rings (SSSR count). The number of ether oxygens (including phenoxy) is 2. The minimum absolute atomic E-state index is 0.397. The maximum Gasteiger partial charge on any atom is 0.339 e. The van der Waals surface area contributed by atoms with Crippen molar-refractivity contribution in [1.29, 1.82) is 0 Å². The van der Waals surface area contributed by atoms with Crippen molar-refractivity contribution in [2.45, 2.75) is 169 Å². The first-order valence-electron chi connectivity index (χ1n) is 19.0. The highest BCUT2D eigenvalue weighted by Crippen LogP contribution is 2.44. The summed E-state index contributed by atoms with van der Waals surface area (Å²) in [5.41, 5.74) is 15.4. The first-order chi connectivity index (χ1) is 22.5. The molecule has 0 N–H and O–H groups in total. The van der Waals surface area contributed by atoms with Gasteiger partial charge in [0.2, 0.25) is 0 Å². The fourth-order valence-corrected chi connectivity index (χ4v) is 8.49. The smallest absolute Gasteiger partial charge is 0.339 e. The summed E-state index contributed by atoms with van der Waals surface area (Å²) in [5.74, 6) is -0.794. The summed E-state index contributed by atoms with van der Waals surface area (Å²) in [6.45, 7) is 9.03. The molecule has 2 aromatic carbocycles. The molecule has 0 amide bonds. The number of carbonyl (C=O) groups excluding carboxylic acids is 2. The fraction of sp³-hybridized carbons (Fsp3) is 0.667. The van der Waals surface area contributed by atoms with Crippen LogP contribution in [0.15, 0.2) is 0 Å². The molecule has 4 heteroatoms. The van der Waals surface area contributed by atoms with Crippen molar-refractivity contribution in [1.82, 2.24) is 0 Å². The largest absolute Gasteiger partial charge is 0.465 e. The van der Waals surface area contributed by atoms with Crippen LogP contribution in [0.4, 0.5) is 0 Å². The van der Waals surface area contributed by atoms with E-state index in [-0.39, 0.29) is 0 Å². The average Bonchev–Trinajstić information content (AvgIpc) is 3.08. The predicted octanol–water partition coefficient (Wildman–Crippen LogP) is 10.6. The zero-order chi connectivity index (χ0) is 33.1. The summed E-state index contributed by atoms with van der Waals surface area (Å²) in [4.78, 5) is 27.5. The van der Waals surface area contributed by atoms with Crippen LogP contribution in [0, 0.1) is 0 Å². The van der Waals surface area contributed by atoms with E-state index >= 15 is 0 Å². The van der Waals surface area contributed by atoms with E-state index < -0.39 is 11.9 Å². The van der Waals surface area contributed by atoms with Gasteiger partial charge >= 0.3 is 11.9 Å². The van der Waals surface area contributed by atoms with E-state index in [0.29, 0.717) is 11.1 Å². The molecule has 0 unspecified atom stereocenters. The van der Waals surface area contributed by atoms with Crippen molar-refractivity contribution in [2.75, 3.05) is 14.2 Å². The van der Waals surface area contributed by atoms with E-state index in [9.17, 15) is 9.59 Å². The Morgan fingerprint density at radius 1 is 0.457 bits per heavy atom. The summed E-state index contributed by atoms with van der Waals surface area (Å²) < 4.78 is 10.9. The third-order valence-corrected chi connectivity index (χ3v) is 10.8. The molecule has 0 bridgehead atoms. The number of unbranched alkanes of at least 4 members (excludes halogenated alkanes) is 8. The van der Waals surface area contributed by atoms with Crippen molar-refractivity contribution in [2.24, 2.45) is 0 Å². The Morgan fingerprint density at radius 2 is 0.761 bits per heavy atom. The molecule has 0 fully saturated rings. The van der Waals surface area contributed by atoms with Gasteiger partial charge in [0.15, 0.2) is 0 Å². The lowest BCUT2D eigenvalue weighted by Gasteiger charge is -2.35. The van der Waals surface area contributed by atoms with Crippen LogP contribution in [0.25, 0.3) is 0 Å². The number of fused-ring (bicyclic) bond motifs is 3. The Labute approximate surface area is 280 Å². The number of carbonyl (C=O) groups is 2. The third-order valence-electron chi connectivity index (χ3n) is 10.8. The molecule has 0 spiro atoms. The van der Waals surface area contributed by atoms with Gasteiger partial charge < -0.3 is 9.47 Å². The van der Waals surface area contributed by atoms with Gasteiger partial charge in [-0.25, -0.2) is 9.59 Å². The Kier molecular flexibility index (Phi) is 14.2. The molecule has 0 heterocycles. The molecule has 0 saturated carbocycles. The lowest BCUT2D eigenvalue weighted by molar-refractivity contribution is 0.0552. The molecular formula is C42H62O4. The molecule has 2 aromatic rings. The number of hydrogen-bond donors (Lipinski definition) is 0. The maximum absolute atomic E-state index is 13.7. The van der Waals surface area contributed by atoms with Gasteiger partial charge in [-0.3, -0.25) is 0 Å². The first-order valence-corrected chi connectivity index (χ1v) is 19.0. The Hall–Kier alpha value is -2.62. The number of rotatable bonds is 18. The molecule has 0 aliphatic heterocycles.